The summed E-state index contributed by atoms with van der Waals surface area (Å²) in [5, 5.41) is 3.02. The van der Waals surface area contributed by atoms with E-state index in [1.54, 1.807) is 21.3 Å². The molecule has 0 bridgehead atoms. The fraction of sp³-hybridized carbons (Fsp3) is 0.611. The van der Waals surface area contributed by atoms with Crippen molar-refractivity contribution >= 4 is 5.91 Å². The number of carbonyl (C=O) groups excluding carboxylic acids is 1. The van der Waals surface area contributed by atoms with Crippen LogP contribution in [0, 0.1) is 0 Å². The first kappa shape index (κ1) is 19.3. The molecular formula is C18H29N3O4. The van der Waals surface area contributed by atoms with Crippen molar-refractivity contribution in [3.05, 3.63) is 17.7 Å². The van der Waals surface area contributed by atoms with Crippen molar-refractivity contribution in [2.75, 3.05) is 61.1 Å². The van der Waals surface area contributed by atoms with E-state index in [2.05, 4.69) is 10.2 Å². The van der Waals surface area contributed by atoms with Crippen molar-refractivity contribution in [3.63, 3.8) is 0 Å². The Bertz CT molecular complexity index is 572. The van der Waals surface area contributed by atoms with Gasteiger partial charge < -0.3 is 24.4 Å². The van der Waals surface area contributed by atoms with Crippen molar-refractivity contribution in [1.29, 1.82) is 0 Å². The van der Waals surface area contributed by atoms with Crippen LogP contribution in [0.2, 0.25) is 0 Å². The smallest absolute Gasteiger partial charge is 0.223 e. The van der Waals surface area contributed by atoms with Gasteiger partial charge in [0.25, 0.3) is 0 Å². The molecule has 25 heavy (non-hydrogen) atoms. The first-order chi connectivity index (χ1) is 12.1. The Morgan fingerprint density at radius 2 is 1.72 bits per heavy atom. The third kappa shape index (κ3) is 4.76. The van der Waals surface area contributed by atoms with Crippen LogP contribution >= 0.6 is 0 Å². The van der Waals surface area contributed by atoms with Gasteiger partial charge in [0.1, 0.15) is 0 Å². The van der Waals surface area contributed by atoms with E-state index in [9.17, 15) is 4.79 Å². The van der Waals surface area contributed by atoms with E-state index < -0.39 is 0 Å². The number of hydrogen-bond acceptors (Lipinski definition) is 6. The highest BCUT2D eigenvalue weighted by Gasteiger charge is 2.23. The summed E-state index contributed by atoms with van der Waals surface area (Å²) in [6, 6.07) is 3.90. The van der Waals surface area contributed by atoms with Crippen molar-refractivity contribution in [1.82, 2.24) is 15.1 Å². The second-order valence-electron chi connectivity index (χ2n) is 6.00. The molecule has 1 aliphatic heterocycles. The summed E-state index contributed by atoms with van der Waals surface area (Å²) in [6.07, 6.45) is 0.556. The summed E-state index contributed by atoms with van der Waals surface area (Å²) in [6.45, 7) is 4.70. The summed E-state index contributed by atoms with van der Waals surface area (Å²) in [4.78, 5) is 16.4. The highest BCUT2D eigenvalue weighted by Crippen LogP contribution is 2.40. The summed E-state index contributed by atoms with van der Waals surface area (Å²) < 4.78 is 16.3. The lowest BCUT2D eigenvalue weighted by Crippen LogP contribution is -2.48. The second kappa shape index (κ2) is 9.48. The number of nitrogens with zero attached hydrogens (tertiary/aromatic N) is 2. The lowest BCUT2D eigenvalue weighted by Gasteiger charge is -2.35. The standard InChI is InChI=1S/C18H29N3O4/c1-19-8-7-16(22)21-11-9-20(10-12-21)13-14-5-6-15(23-2)18(25-4)17(14)24-3/h5-6,19H,7-13H2,1-4H3. The minimum atomic E-state index is 0.220. The van der Waals surface area contributed by atoms with Gasteiger partial charge in [-0.15, -0.1) is 0 Å². The third-order valence-corrected chi connectivity index (χ3v) is 4.49. The summed E-state index contributed by atoms with van der Waals surface area (Å²) >= 11 is 0. The van der Waals surface area contributed by atoms with Gasteiger partial charge in [0.2, 0.25) is 11.7 Å². The van der Waals surface area contributed by atoms with Crippen LogP contribution in [0.5, 0.6) is 17.2 Å². The van der Waals surface area contributed by atoms with Crippen LogP contribution in [0.3, 0.4) is 0 Å². The minimum absolute atomic E-state index is 0.220. The average molecular weight is 351 g/mol. The molecule has 0 aliphatic carbocycles. The predicted molar refractivity (Wildman–Crippen MR) is 96.5 cm³/mol. The summed E-state index contributed by atoms with van der Waals surface area (Å²) in [5.41, 5.74) is 1.05. The van der Waals surface area contributed by atoms with Gasteiger partial charge in [0.15, 0.2) is 11.5 Å². The van der Waals surface area contributed by atoms with Crippen molar-refractivity contribution in [2.45, 2.75) is 13.0 Å². The number of rotatable bonds is 8. The van der Waals surface area contributed by atoms with Gasteiger partial charge in [0.05, 0.1) is 21.3 Å². The van der Waals surface area contributed by atoms with Gasteiger partial charge in [-0.3, -0.25) is 9.69 Å². The monoisotopic (exact) mass is 351 g/mol. The molecule has 0 spiro atoms. The molecule has 1 amide bonds. The fourth-order valence-corrected chi connectivity index (χ4v) is 3.07. The molecule has 1 aliphatic rings. The van der Waals surface area contributed by atoms with Crippen molar-refractivity contribution in [2.24, 2.45) is 0 Å². The number of carbonyl (C=O) groups is 1. The first-order valence-corrected chi connectivity index (χ1v) is 8.57. The molecule has 0 atom stereocenters. The zero-order chi connectivity index (χ0) is 18.2. The molecule has 140 valence electrons. The number of methoxy groups -OCH3 is 3. The average Bonchev–Trinajstić information content (AvgIpc) is 2.66. The van der Waals surface area contributed by atoms with Gasteiger partial charge in [0, 0.05) is 51.3 Å². The van der Waals surface area contributed by atoms with Gasteiger partial charge in [-0.05, 0) is 13.1 Å². The molecule has 0 radical (unpaired) electrons. The zero-order valence-corrected chi connectivity index (χ0v) is 15.6. The van der Waals surface area contributed by atoms with E-state index in [1.165, 1.54) is 0 Å². The Morgan fingerprint density at radius 3 is 2.28 bits per heavy atom. The van der Waals surface area contributed by atoms with Crippen LogP contribution in [0.25, 0.3) is 0 Å². The molecule has 1 aromatic rings. The van der Waals surface area contributed by atoms with Crippen molar-refractivity contribution in [3.8, 4) is 17.2 Å². The SMILES string of the molecule is CNCCC(=O)N1CCN(Cc2ccc(OC)c(OC)c2OC)CC1. The van der Waals surface area contributed by atoms with Gasteiger partial charge >= 0.3 is 0 Å². The first-order valence-electron chi connectivity index (χ1n) is 8.57. The minimum Gasteiger partial charge on any atom is -0.493 e. The number of nitrogens with one attached hydrogen (secondary N) is 1. The van der Waals surface area contributed by atoms with Crippen LogP contribution < -0.4 is 19.5 Å². The Hall–Kier alpha value is -1.99. The van der Waals surface area contributed by atoms with Crippen LogP contribution in [-0.4, -0.2) is 76.8 Å². The molecule has 1 aromatic carbocycles. The van der Waals surface area contributed by atoms with Crippen LogP contribution in [0.15, 0.2) is 12.1 Å². The zero-order valence-electron chi connectivity index (χ0n) is 15.6. The molecule has 1 heterocycles. The van der Waals surface area contributed by atoms with Crippen molar-refractivity contribution < 1.29 is 19.0 Å². The number of amides is 1. The Morgan fingerprint density at radius 1 is 1.04 bits per heavy atom. The second-order valence-corrected chi connectivity index (χ2v) is 6.00. The number of hydrogen-bond donors (Lipinski definition) is 1. The van der Waals surface area contributed by atoms with Gasteiger partial charge in [-0.1, -0.05) is 6.07 Å². The summed E-state index contributed by atoms with van der Waals surface area (Å²) in [5.74, 6) is 2.19. The number of benzene rings is 1. The fourth-order valence-electron chi connectivity index (χ4n) is 3.07. The van der Waals surface area contributed by atoms with E-state index >= 15 is 0 Å². The van der Waals surface area contributed by atoms with Gasteiger partial charge in [-0.2, -0.15) is 0 Å². The lowest BCUT2D eigenvalue weighted by molar-refractivity contribution is -0.132. The molecule has 1 fully saturated rings. The molecular weight excluding hydrogens is 322 g/mol. The van der Waals surface area contributed by atoms with E-state index in [0.717, 1.165) is 44.8 Å². The lowest BCUT2D eigenvalue weighted by atomic mass is 10.1. The molecule has 7 heteroatoms. The summed E-state index contributed by atoms with van der Waals surface area (Å²) in [7, 11) is 6.72. The maximum absolute atomic E-state index is 12.1. The molecule has 1 saturated heterocycles. The molecule has 7 nitrogen and oxygen atoms in total. The van der Waals surface area contributed by atoms with E-state index in [4.69, 9.17) is 14.2 Å². The molecule has 2 rings (SSSR count). The van der Waals surface area contributed by atoms with Crippen LogP contribution in [0.4, 0.5) is 0 Å². The highest BCUT2D eigenvalue weighted by atomic mass is 16.5. The largest absolute Gasteiger partial charge is 0.493 e. The maximum atomic E-state index is 12.1. The molecule has 1 N–H and O–H groups in total. The Kier molecular flexibility index (Phi) is 7.33. The van der Waals surface area contributed by atoms with E-state index in [0.29, 0.717) is 23.7 Å². The topological polar surface area (TPSA) is 63.3 Å². The number of ether oxygens (including phenoxy) is 3. The Labute approximate surface area is 149 Å². The van der Waals surface area contributed by atoms with Gasteiger partial charge in [-0.25, -0.2) is 0 Å². The predicted octanol–water partition coefficient (Wildman–Crippen LogP) is 0.966. The number of piperazine rings is 1. The third-order valence-electron chi connectivity index (χ3n) is 4.49. The molecule has 0 aromatic heterocycles. The highest BCUT2D eigenvalue weighted by molar-refractivity contribution is 5.76. The van der Waals surface area contributed by atoms with E-state index in [1.807, 2.05) is 24.1 Å². The normalized spacial score (nSPS) is 15.1. The molecule has 0 unspecified atom stereocenters. The molecule has 0 saturated carbocycles. The Balaban J connectivity index is 1.99. The van der Waals surface area contributed by atoms with Crippen LogP contribution in [-0.2, 0) is 11.3 Å². The van der Waals surface area contributed by atoms with E-state index in [-0.39, 0.29) is 5.91 Å². The maximum Gasteiger partial charge on any atom is 0.223 e. The van der Waals surface area contributed by atoms with Crippen LogP contribution in [0.1, 0.15) is 12.0 Å². The quantitative estimate of drug-likeness (QED) is 0.753.